The highest BCUT2D eigenvalue weighted by Gasteiger charge is 2.45. The van der Waals surface area contributed by atoms with Crippen LogP contribution in [0.5, 0.6) is 11.5 Å². The van der Waals surface area contributed by atoms with Crippen LogP contribution >= 0.6 is 0 Å². The maximum atomic E-state index is 13.4. The fourth-order valence-corrected chi connectivity index (χ4v) is 5.31. The molecule has 1 amide bonds. The number of nitrogens with zero attached hydrogens (tertiary/aromatic N) is 3. The highest BCUT2D eigenvalue weighted by Crippen LogP contribution is 2.41. The number of fused-ring (bicyclic) bond motifs is 1. The van der Waals surface area contributed by atoms with Gasteiger partial charge in [0.15, 0.2) is 0 Å². The van der Waals surface area contributed by atoms with E-state index in [0.29, 0.717) is 31.7 Å². The topological polar surface area (TPSA) is 93.9 Å². The van der Waals surface area contributed by atoms with Crippen LogP contribution in [0.2, 0.25) is 0 Å². The van der Waals surface area contributed by atoms with Gasteiger partial charge in [0.05, 0.1) is 24.5 Å². The number of aromatic nitrogens is 2. The van der Waals surface area contributed by atoms with E-state index in [1.165, 1.54) is 0 Å². The van der Waals surface area contributed by atoms with Gasteiger partial charge in [-0.05, 0) is 61.2 Å². The maximum absolute atomic E-state index is 13.4. The average Bonchev–Trinajstić information content (AvgIpc) is 3.65. The van der Waals surface area contributed by atoms with E-state index in [0.717, 1.165) is 48.3 Å². The number of aliphatic hydroxyl groups excluding tert-OH is 1. The minimum atomic E-state index is -0.703. The van der Waals surface area contributed by atoms with Gasteiger partial charge in [-0.15, -0.1) is 0 Å². The minimum Gasteiger partial charge on any atom is -0.507 e. The highest BCUT2D eigenvalue weighted by molar-refractivity contribution is 6.46. The molecule has 0 aliphatic carbocycles. The molecular formula is C31H35N3O5. The SMILES string of the molecule is CCCCCOc1ccc([C@@H]2C(=C(O)c3ccc4c(c3)C[C@@H](C)O4)C(=O)C(=O)N2CCCn2ccnc2)cc1. The van der Waals surface area contributed by atoms with Crippen LogP contribution in [0.25, 0.3) is 5.76 Å². The number of unbranched alkanes of at least 4 members (excludes halogenated alkanes) is 2. The molecule has 3 heterocycles. The summed E-state index contributed by atoms with van der Waals surface area (Å²) in [4.78, 5) is 32.3. The van der Waals surface area contributed by atoms with E-state index in [1.807, 2.05) is 54.1 Å². The molecule has 0 radical (unpaired) electrons. The zero-order valence-electron chi connectivity index (χ0n) is 22.5. The molecule has 39 heavy (non-hydrogen) atoms. The lowest BCUT2D eigenvalue weighted by Gasteiger charge is -2.25. The fourth-order valence-electron chi connectivity index (χ4n) is 5.31. The van der Waals surface area contributed by atoms with Crippen molar-refractivity contribution in [1.82, 2.24) is 14.5 Å². The lowest BCUT2D eigenvalue weighted by Crippen LogP contribution is -2.31. The number of rotatable bonds is 11. The molecule has 1 saturated heterocycles. The van der Waals surface area contributed by atoms with Gasteiger partial charge in [-0.3, -0.25) is 9.59 Å². The van der Waals surface area contributed by atoms with Crippen LogP contribution < -0.4 is 9.47 Å². The molecule has 204 valence electrons. The molecule has 1 N–H and O–H groups in total. The van der Waals surface area contributed by atoms with Gasteiger partial charge in [0.1, 0.15) is 23.4 Å². The molecule has 5 rings (SSSR count). The van der Waals surface area contributed by atoms with Crippen LogP contribution in [0.1, 0.15) is 62.3 Å². The summed E-state index contributed by atoms with van der Waals surface area (Å²) in [5.41, 5.74) is 2.33. The summed E-state index contributed by atoms with van der Waals surface area (Å²) in [5.74, 6) is 0.0674. The van der Waals surface area contributed by atoms with Gasteiger partial charge in [-0.25, -0.2) is 4.98 Å². The van der Waals surface area contributed by atoms with Crippen LogP contribution in [-0.4, -0.2) is 50.5 Å². The first-order valence-electron chi connectivity index (χ1n) is 13.7. The summed E-state index contributed by atoms with van der Waals surface area (Å²) in [7, 11) is 0. The van der Waals surface area contributed by atoms with Gasteiger partial charge in [0, 0.05) is 37.5 Å². The molecule has 1 fully saturated rings. The zero-order valence-corrected chi connectivity index (χ0v) is 22.5. The molecule has 8 heteroatoms. The van der Waals surface area contributed by atoms with Crippen molar-refractivity contribution >= 4 is 17.4 Å². The predicted octanol–water partition coefficient (Wildman–Crippen LogP) is 5.29. The number of likely N-dealkylation sites (tertiary alicyclic amines) is 1. The van der Waals surface area contributed by atoms with Crippen molar-refractivity contribution in [3.8, 4) is 11.5 Å². The van der Waals surface area contributed by atoms with Gasteiger partial charge in [0.25, 0.3) is 11.7 Å². The second-order valence-corrected chi connectivity index (χ2v) is 10.2. The Labute approximate surface area is 228 Å². The summed E-state index contributed by atoms with van der Waals surface area (Å²) >= 11 is 0. The van der Waals surface area contributed by atoms with Crippen LogP contribution in [0, 0.1) is 0 Å². The lowest BCUT2D eigenvalue weighted by atomic mass is 9.94. The number of imidazole rings is 1. The molecule has 0 bridgehead atoms. The number of carbonyl (C=O) groups is 2. The summed E-state index contributed by atoms with van der Waals surface area (Å²) in [6.45, 7) is 5.79. The summed E-state index contributed by atoms with van der Waals surface area (Å²) < 4.78 is 13.6. The van der Waals surface area contributed by atoms with Gasteiger partial charge in [-0.2, -0.15) is 0 Å². The second-order valence-electron chi connectivity index (χ2n) is 10.2. The number of ether oxygens (including phenoxy) is 2. The number of hydrogen-bond acceptors (Lipinski definition) is 6. The number of ketones is 1. The van der Waals surface area contributed by atoms with Gasteiger partial charge in [0.2, 0.25) is 0 Å². The third-order valence-corrected chi connectivity index (χ3v) is 7.30. The van der Waals surface area contributed by atoms with E-state index in [1.54, 1.807) is 23.5 Å². The number of benzene rings is 2. The van der Waals surface area contributed by atoms with Crippen LogP contribution in [0.3, 0.4) is 0 Å². The van der Waals surface area contributed by atoms with Gasteiger partial charge in [-0.1, -0.05) is 31.9 Å². The Balaban J connectivity index is 1.46. The van der Waals surface area contributed by atoms with Gasteiger partial charge >= 0.3 is 0 Å². The first kappa shape index (κ1) is 26.5. The van der Waals surface area contributed by atoms with E-state index in [9.17, 15) is 14.7 Å². The lowest BCUT2D eigenvalue weighted by molar-refractivity contribution is -0.139. The number of aryl methyl sites for hydroxylation is 1. The molecule has 2 aromatic carbocycles. The Morgan fingerprint density at radius 3 is 2.67 bits per heavy atom. The van der Waals surface area contributed by atoms with Crippen LogP contribution in [0.4, 0.5) is 0 Å². The number of amides is 1. The molecule has 0 unspecified atom stereocenters. The quantitative estimate of drug-likeness (QED) is 0.157. The molecule has 2 atom stereocenters. The molecule has 3 aromatic rings. The van der Waals surface area contributed by atoms with Crippen molar-refractivity contribution < 1.29 is 24.2 Å². The smallest absolute Gasteiger partial charge is 0.295 e. The van der Waals surface area contributed by atoms with Crippen LogP contribution in [0.15, 0.2) is 66.8 Å². The Morgan fingerprint density at radius 2 is 1.92 bits per heavy atom. The first-order valence-corrected chi connectivity index (χ1v) is 13.7. The molecule has 2 aliphatic heterocycles. The number of Topliss-reactive ketones (excluding diaryl/α,β-unsaturated/α-hetero) is 1. The summed E-state index contributed by atoms with van der Waals surface area (Å²) in [5, 5.41) is 11.5. The fraction of sp³-hybridized carbons (Fsp3) is 0.387. The highest BCUT2D eigenvalue weighted by atomic mass is 16.5. The third-order valence-electron chi connectivity index (χ3n) is 7.30. The van der Waals surface area contributed by atoms with Crippen molar-refractivity contribution in [3.05, 3.63) is 83.4 Å². The number of hydrogen-bond donors (Lipinski definition) is 1. The molecular weight excluding hydrogens is 494 g/mol. The molecule has 1 aromatic heterocycles. The Bertz CT molecular complexity index is 1350. The molecule has 2 aliphatic rings. The summed E-state index contributed by atoms with van der Waals surface area (Å²) in [6, 6.07) is 12.2. The van der Waals surface area contributed by atoms with E-state index in [4.69, 9.17) is 9.47 Å². The van der Waals surface area contributed by atoms with Crippen molar-refractivity contribution in [2.24, 2.45) is 0 Å². The van der Waals surface area contributed by atoms with Crippen molar-refractivity contribution in [2.45, 2.75) is 64.6 Å². The number of carbonyl (C=O) groups excluding carboxylic acids is 2. The average molecular weight is 530 g/mol. The first-order chi connectivity index (χ1) is 19.0. The Hall–Kier alpha value is -4.07. The molecule has 0 saturated carbocycles. The van der Waals surface area contributed by atoms with Crippen molar-refractivity contribution in [1.29, 1.82) is 0 Å². The van der Waals surface area contributed by atoms with E-state index in [-0.39, 0.29) is 17.4 Å². The Morgan fingerprint density at radius 1 is 1.10 bits per heavy atom. The maximum Gasteiger partial charge on any atom is 0.295 e. The zero-order chi connectivity index (χ0) is 27.4. The monoisotopic (exact) mass is 529 g/mol. The summed E-state index contributed by atoms with van der Waals surface area (Å²) in [6.07, 6.45) is 9.93. The third kappa shape index (κ3) is 5.70. The van der Waals surface area contributed by atoms with E-state index >= 15 is 0 Å². The predicted molar refractivity (Wildman–Crippen MR) is 148 cm³/mol. The largest absolute Gasteiger partial charge is 0.507 e. The Kier molecular flexibility index (Phi) is 8.00. The van der Waals surface area contributed by atoms with Crippen molar-refractivity contribution in [3.63, 3.8) is 0 Å². The van der Waals surface area contributed by atoms with E-state index in [2.05, 4.69) is 11.9 Å². The van der Waals surface area contributed by atoms with Gasteiger partial charge < -0.3 is 24.0 Å². The number of aliphatic hydroxyl groups is 1. The van der Waals surface area contributed by atoms with E-state index < -0.39 is 17.7 Å². The van der Waals surface area contributed by atoms with Crippen molar-refractivity contribution in [2.75, 3.05) is 13.2 Å². The van der Waals surface area contributed by atoms with Crippen LogP contribution in [-0.2, 0) is 22.6 Å². The molecule has 8 nitrogen and oxygen atoms in total. The standard InChI is InChI=1S/C31H35N3O5/c1-3-4-5-17-38-25-10-7-22(8-11-25)28-27(29(35)23-9-12-26-24(19-23)18-21(2)39-26)30(36)31(37)34(28)15-6-14-33-16-13-32-20-33/h7-13,16,19-21,28,35H,3-6,14-15,17-18H2,1-2H3/t21-,28-/m1/s1. The normalized spacial score (nSPS) is 19.8. The minimum absolute atomic E-state index is 0.0566. The second kappa shape index (κ2) is 11.8. The molecule has 0 spiro atoms.